The van der Waals surface area contributed by atoms with Crippen LogP contribution in [0, 0.1) is 0 Å². The van der Waals surface area contributed by atoms with Crippen molar-refractivity contribution in [1.29, 1.82) is 0 Å². The number of aromatic nitrogens is 2. The highest BCUT2D eigenvalue weighted by atomic mass is 16.5. The molecule has 7 heteroatoms. The van der Waals surface area contributed by atoms with Gasteiger partial charge in [-0.05, 0) is 61.0 Å². The van der Waals surface area contributed by atoms with Gasteiger partial charge in [0.05, 0.1) is 17.1 Å². The van der Waals surface area contributed by atoms with Crippen LogP contribution in [0.15, 0.2) is 77.6 Å². The molecule has 0 saturated carbocycles. The maximum Gasteiger partial charge on any atom is 0.323 e. The van der Waals surface area contributed by atoms with Crippen LogP contribution < -0.4 is 20.5 Å². The van der Waals surface area contributed by atoms with E-state index in [1.807, 2.05) is 49.4 Å². The number of para-hydroxylation sites is 1. The highest BCUT2D eigenvalue weighted by Gasteiger charge is 2.11. The quantitative estimate of drug-likeness (QED) is 0.436. The van der Waals surface area contributed by atoms with E-state index < -0.39 is 0 Å². The first kappa shape index (κ1) is 19.3. The van der Waals surface area contributed by atoms with Crippen molar-refractivity contribution in [2.24, 2.45) is 0 Å². The molecule has 0 fully saturated rings. The molecule has 4 rings (SSSR count). The van der Waals surface area contributed by atoms with Gasteiger partial charge in [0.15, 0.2) is 6.61 Å². The van der Waals surface area contributed by atoms with E-state index in [4.69, 9.17) is 9.47 Å². The molecule has 152 valence electrons. The first-order valence-electron chi connectivity index (χ1n) is 9.54. The van der Waals surface area contributed by atoms with Gasteiger partial charge >= 0.3 is 5.69 Å². The Hall–Kier alpha value is -4.00. The Labute approximate surface area is 172 Å². The standard InChI is InChI=1S/C23H21N3O4/c1-15(16-7-12-20-21(13-16)26-23(28)25-20)24-22(27)14-29-17-8-10-19(11-9-17)30-18-5-3-2-4-6-18/h2-13,15H,14H2,1H3,(H,24,27)(H2,25,26,28). The first-order valence-corrected chi connectivity index (χ1v) is 9.54. The fraction of sp³-hybridized carbons (Fsp3) is 0.130. The summed E-state index contributed by atoms with van der Waals surface area (Å²) in [5.74, 6) is 1.77. The Bertz CT molecular complexity index is 1200. The van der Waals surface area contributed by atoms with Crippen LogP contribution in [0.2, 0.25) is 0 Å². The van der Waals surface area contributed by atoms with Crippen molar-refractivity contribution < 1.29 is 14.3 Å². The van der Waals surface area contributed by atoms with E-state index in [0.717, 1.165) is 16.8 Å². The molecule has 0 aliphatic rings. The van der Waals surface area contributed by atoms with E-state index in [2.05, 4.69) is 15.3 Å². The van der Waals surface area contributed by atoms with E-state index in [0.29, 0.717) is 17.0 Å². The number of nitrogens with one attached hydrogen (secondary N) is 3. The van der Waals surface area contributed by atoms with E-state index in [1.165, 1.54) is 0 Å². The Balaban J connectivity index is 1.29. The lowest BCUT2D eigenvalue weighted by atomic mass is 10.1. The third kappa shape index (κ3) is 4.70. The predicted octanol–water partition coefficient (Wildman–Crippen LogP) is 3.90. The smallest absolute Gasteiger partial charge is 0.323 e. The molecule has 1 atom stereocenters. The van der Waals surface area contributed by atoms with Gasteiger partial charge in [0.1, 0.15) is 17.2 Å². The monoisotopic (exact) mass is 403 g/mol. The zero-order valence-electron chi connectivity index (χ0n) is 16.3. The molecule has 0 saturated heterocycles. The van der Waals surface area contributed by atoms with Crippen molar-refractivity contribution in [1.82, 2.24) is 15.3 Å². The molecule has 0 radical (unpaired) electrons. The van der Waals surface area contributed by atoms with E-state index >= 15 is 0 Å². The number of hydrogen-bond acceptors (Lipinski definition) is 4. The molecule has 0 spiro atoms. The molecule has 1 amide bonds. The number of imidazole rings is 1. The zero-order chi connectivity index (χ0) is 20.9. The number of rotatable bonds is 7. The molecule has 7 nitrogen and oxygen atoms in total. The topological polar surface area (TPSA) is 96.2 Å². The van der Waals surface area contributed by atoms with Crippen LogP contribution in [0.25, 0.3) is 11.0 Å². The van der Waals surface area contributed by atoms with Crippen molar-refractivity contribution in [2.45, 2.75) is 13.0 Å². The van der Waals surface area contributed by atoms with Gasteiger partial charge in [-0.25, -0.2) is 4.79 Å². The van der Waals surface area contributed by atoms with Crippen LogP contribution in [0.4, 0.5) is 0 Å². The molecular weight excluding hydrogens is 382 g/mol. The molecule has 3 aromatic carbocycles. The highest BCUT2D eigenvalue weighted by molar-refractivity contribution is 5.79. The number of ether oxygens (including phenoxy) is 2. The Morgan fingerprint density at radius 2 is 1.57 bits per heavy atom. The van der Waals surface area contributed by atoms with E-state index in [9.17, 15) is 9.59 Å². The minimum Gasteiger partial charge on any atom is -0.484 e. The highest BCUT2D eigenvalue weighted by Crippen LogP contribution is 2.23. The zero-order valence-corrected chi connectivity index (χ0v) is 16.3. The van der Waals surface area contributed by atoms with Gasteiger partial charge in [-0.2, -0.15) is 0 Å². The van der Waals surface area contributed by atoms with E-state index in [1.54, 1.807) is 30.3 Å². The van der Waals surface area contributed by atoms with Crippen LogP contribution in [-0.4, -0.2) is 22.5 Å². The second kappa shape index (κ2) is 8.57. The van der Waals surface area contributed by atoms with Crippen LogP contribution in [0.1, 0.15) is 18.5 Å². The minimum atomic E-state index is -0.257. The summed E-state index contributed by atoms with van der Waals surface area (Å²) in [5.41, 5.74) is 2.05. The summed E-state index contributed by atoms with van der Waals surface area (Å²) < 4.78 is 11.3. The van der Waals surface area contributed by atoms with Crippen molar-refractivity contribution in [2.75, 3.05) is 6.61 Å². The molecule has 1 unspecified atom stereocenters. The molecule has 0 aliphatic carbocycles. The first-order chi connectivity index (χ1) is 14.6. The molecule has 4 aromatic rings. The largest absolute Gasteiger partial charge is 0.484 e. The average molecular weight is 403 g/mol. The SMILES string of the molecule is CC(NC(=O)COc1ccc(Oc2ccccc2)cc1)c1ccc2[nH]c(=O)[nH]c2c1. The summed E-state index contributed by atoms with van der Waals surface area (Å²) in [6, 6.07) is 21.9. The van der Waals surface area contributed by atoms with Crippen molar-refractivity contribution in [3.8, 4) is 17.2 Å². The summed E-state index contributed by atoms with van der Waals surface area (Å²) in [6.07, 6.45) is 0. The predicted molar refractivity (Wildman–Crippen MR) is 114 cm³/mol. The number of aromatic amines is 2. The Morgan fingerprint density at radius 3 is 2.33 bits per heavy atom. The third-order valence-corrected chi connectivity index (χ3v) is 4.59. The van der Waals surface area contributed by atoms with Gasteiger partial charge in [0, 0.05) is 0 Å². The summed E-state index contributed by atoms with van der Waals surface area (Å²) in [4.78, 5) is 29.0. The number of carbonyl (C=O) groups excluding carboxylic acids is 1. The van der Waals surface area contributed by atoms with E-state index in [-0.39, 0.29) is 24.2 Å². The molecule has 0 bridgehead atoms. The fourth-order valence-corrected chi connectivity index (χ4v) is 3.06. The van der Waals surface area contributed by atoms with Crippen molar-refractivity contribution >= 4 is 16.9 Å². The van der Waals surface area contributed by atoms with Gasteiger partial charge in [-0.1, -0.05) is 24.3 Å². The normalized spacial score (nSPS) is 11.8. The minimum absolute atomic E-state index is 0.105. The van der Waals surface area contributed by atoms with Gasteiger partial charge in [-0.15, -0.1) is 0 Å². The molecule has 1 heterocycles. The number of H-pyrrole nitrogens is 2. The lowest BCUT2D eigenvalue weighted by Gasteiger charge is -2.15. The van der Waals surface area contributed by atoms with Crippen LogP contribution in [-0.2, 0) is 4.79 Å². The fourth-order valence-electron chi connectivity index (χ4n) is 3.06. The van der Waals surface area contributed by atoms with Gasteiger partial charge in [-0.3, -0.25) is 4.79 Å². The molecule has 0 aliphatic heterocycles. The summed E-state index contributed by atoms with van der Waals surface area (Å²) in [7, 11) is 0. The van der Waals surface area contributed by atoms with Gasteiger partial charge in [0.2, 0.25) is 0 Å². The molecule has 3 N–H and O–H groups in total. The Morgan fingerprint density at radius 1 is 0.900 bits per heavy atom. The Kier molecular flexibility index (Phi) is 5.52. The molecule has 1 aromatic heterocycles. The third-order valence-electron chi connectivity index (χ3n) is 4.59. The summed E-state index contributed by atoms with van der Waals surface area (Å²) in [6.45, 7) is 1.77. The number of benzene rings is 3. The van der Waals surface area contributed by atoms with Gasteiger partial charge < -0.3 is 24.8 Å². The van der Waals surface area contributed by atoms with Crippen LogP contribution in [0.3, 0.4) is 0 Å². The van der Waals surface area contributed by atoms with Crippen molar-refractivity contribution in [3.05, 3.63) is 88.8 Å². The van der Waals surface area contributed by atoms with Crippen molar-refractivity contribution in [3.63, 3.8) is 0 Å². The second-order valence-electron chi connectivity index (χ2n) is 6.85. The summed E-state index contributed by atoms with van der Waals surface area (Å²) >= 11 is 0. The number of fused-ring (bicyclic) bond motifs is 1. The number of carbonyl (C=O) groups is 1. The number of hydrogen-bond donors (Lipinski definition) is 3. The average Bonchev–Trinajstić information content (AvgIpc) is 3.13. The second-order valence-corrected chi connectivity index (χ2v) is 6.85. The van der Waals surface area contributed by atoms with Crippen LogP contribution in [0.5, 0.6) is 17.2 Å². The van der Waals surface area contributed by atoms with Crippen LogP contribution >= 0.6 is 0 Å². The molecular formula is C23H21N3O4. The maximum atomic E-state index is 12.3. The lowest BCUT2D eigenvalue weighted by Crippen LogP contribution is -2.31. The summed E-state index contributed by atoms with van der Waals surface area (Å²) in [5, 5.41) is 2.89. The van der Waals surface area contributed by atoms with Gasteiger partial charge in [0.25, 0.3) is 5.91 Å². The number of amides is 1. The molecule has 30 heavy (non-hydrogen) atoms. The lowest BCUT2D eigenvalue weighted by molar-refractivity contribution is -0.123. The maximum absolute atomic E-state index is 12.3.